The molecule has 0 bridgehead atoms. The summed E-state index contributed by atoms with van der Waals surface area (Å²) in [6.45, 7) is 8.19. The molecule has 0 saturated heterocycles. The highest BCUT2D eigenvalue weighted by molar-refractivity contribution is 7.91. The first kappa shape index (κ1) is 17.8. The molecule has 7 heteroatoms. The van der Waals surface area contributed by atoms with Crippen molar-refractivity contribution in [1.82, 2.24) is 0 Å². The summed E-state index contributed by atoms with van der Waals surface area (Å²) in [5.41, 5.74) is 0.303. The second kappa shape index (κ2) is 6.83. The lowest BCUT2D eigenvalue weighted by atomic mass is 10.2. The number of allylic oxidation sites excluding steroid dienone is 1. The van der Waals surface area contributed by atoms with Gasteiger partial charge in [-0.15, -0.1) is 6.58 Å². The van der Waals surface area contributed by atoms with Gasteiger partial charge in [-0.1, -0.05) is 19.1 Å². The first-order valence-electron chi connectivity index (χ1n) is 5.48. The molecule has 0 aromatic heterocycles. The van der Waals surface area contributed by atoms with Crippen molar-refractivity contribution in [3.8, 4) is 0 Å². The van der Waals surface area contributed by atoms with Crippen LogP contribution in [0.5, 0.6) is 0 Å². The molecule has 1 aromatic rings. The fourth-order valence-corrected chi connectivity index (χ4v) is 2.95. The van der Waals surface area contributed by atoms with Crippen molar-refractivity contribution < 1.29 is 21.4 Å². The number of benzene rings is 1. The quantitative estimate of drug-likeness (QED) is 0.683. The van der Waals surface area contributed by atoms with Crippen molar-refractivity contribution in [2.75, 3.05) is 5.75 Å². The number of hydrogen-bond acceptors (Lipinski definition) is 4. The van der Waals surface area contributed by atoms with E-state index in [1.54, 1.807) is 6.08 Å². The Kier molecular flexibility index (Phi) is 6.41. The van der Waals surface area contributed by atoms with Crippen LogP contribution in [0, 0.1) is 6.92 Å². The number of hydrogen-bond donors (Lipinski definition) is 1. The number of aryl methyl sites for hydroxylation is 1. The average molecular weight is 306 g/mol. The first-order chi connectivity index (χ1) is 8.60. The molecule has 1 rings (SSSR count). The van der Waals surface area contributed by atoms with Gasteiger partial charge in [0.2, 0.25) is 0 Å². The van der Waals surface area contributed by atoms with Crippen molar-refractivity contribution in [3.63, 3.8) is 0 Å². The van der Waals surface area contributed by atoms with Crippen molar-refractivity contribution >= 4 is 20.0 Å². The maximum absolute atomic E-state index is 11.5. The first-order valence-corrected chi connectivity index (χ1v) is 8.57. The minimum absolute atomic E-state index is 0.103. The normalized spacial score (nSPS) is 11.4. The van der Waals surface area contributed by atoms with Crippen molar-refractivity contribution in [2.24, 2.45) is 0 Å². The van der Waals surface area contributed by atoms with Crippen molar-refractivity contribution in [2.45, 2.75) is 30.6 Å². The molecule has 0 aliphatic rings. The summed E-state index contributed by atoms with van der Waals surface area (Å²) in [5.74, 6) is -0.124. The molecule has 0 aliphatic carbocycles. The molecule has 0 atom stereocenters. The van der Waals surface area contributed by atoms with Crippen LogP contribution in [-0.4, -0.2) is 27.1 Å². The maximum Gasteiger partial charge on any atom is 0.294 e. The van der Waals surface area contributed by atoms with E-state index < -0.39 is 20.0 Å². The van der Waals surface area contributed by atoms with Gasteiger partial charge in [0.1, 0.15) is 0 Å². The minimum atomic E-state index is -4.39. The van der Waals surface area contributed by atoms with Crippen LogP contribution < -0.4 is 0 Å². The fraction of sp³-hybridized carbons (Fsp3) is 0.333. The lowest BCUT2D eigenvalue weighted by Gasteiger charge is -2.06. The van der Waals surface area contributed by atoms with Crippen LogP contribution in [0.25, 0.3) is 0 Å². The monoisotopic (exact) mass is 306 g/mol. The predicted octanol–water partition coefficient (Wildman–Crippen LogP) is 2.23. The van der Waals surface area contributed by atoms with Crippen LogP contribution in [-0.2, 0) is 20.0 Å². The predicted molar refractivity (Wildman–Crippen MR) is 74.6 cm³/mol. The fourth-order valence-electron chi connectivity index (χ4n) is 1.22. The molecule has 1 aromatic carbocycles. The van der Waals surface area contributed by atoms with Gasteiger partial charge in [0.25, 0.3) is 10.1 Å². The summed E-state index contributed by atoms with van der Waals surface area (Å²) in [4.78, 5) is -0.477. The lowest BCUT2D eigenvalue weighted by molar-refractivity contribution is 0.482. The number of rotatable bonds is 3. The SMILES string of the molecule is C=CC.CCS(=O)(=O)c1ccc(C)c(S(=O)(=O)O)c1. The third kappa shape index (κ3) is 5.14. The van der Waals surface area contributed by atoms with Gasteiger partial charge in [-0.25, -0.2) is 8.42 Å². The standard InChI is InChI=1S/C9H12O5S2.C3H6/c1-3-15(10,11)8-5-4-7(2)9(6-8)16(12,13)14;1-3-2/h4-6H,3H2,1-2H3,(H,12,13,14);3H,1H2,2H3. The molecule has 0 fully saturated rings. The van der Waals surface area contributed by atoms with Gasteiger partial charge in [-0.05, 0) is 31.5 Å². The van der Waals surface area contributed by atoms with Gasteiger partial charge in [0.15, 0.2) is 9.84 Å². The van der Waals surface area contributed by atoms with Crippen LogP contribution in [0.15, 0.2) is 40.6 Å². The summed E-state index contributed by atoms with van der Waals surface area (Å²) < 4.78 is 53.9. The molecule has 0 spiro atoms. The molecule has 0 saturated carbocycles. The van der Waals surface area contributed by atoms with Crippen LogP contribution in [0.2, 0.25) is 0 Å². The van der Waals surface area contributed by atoms with Crippen LogP contribution in [0.1, 0.15) is 19.4 Å². The van der Waals surface area contributed by atoms with E-state index in [0.29, 0.717) is 5.56 Å². The third-order valence-corrected chi connectivity index (χ3v) is 4.90. The van der Waals surface area contributed by atoms with Crippen LogP contribution in [0.3, 0.4) is 0 Å². The van der Waals surface area contributed by atoms with E-state index in [1.807, 2.05) is 6.92 Å². The average Bonchev–Trinajstić information content (AvgIpc) is 2.28. The van der Waals surface area contributed by atoms with Crippen molar-refractivity contribution in [1.29, 1.82) is 0 Å². The molecular weight excluding hydrogens is 288 g/mol. The summed E-state index contributed by atoms with van der Waals surface area (Å²) in [6.07, 6.45) is 1.75. The van der Waals surface area contributed by atoms with Gasteiger partial charge in [-0.3, -0.25) is 4.55 Å². The Morgan fingerprint density at radius 3 is 2.11 bits per heavy atom. The zero-order valence-corrected chi connectivity index (χ0v) is 12.8. The van der Waals surface area contributed by atoms with Crippen molar-refractivity contribution in [3.05, 3.63) is 36.4 Å². The molecule has 19 heavy (non-hydrogen) atoms. The second-order valence-corrected chi connectivity index (χ2v) is 7.38. The Morgan fingerprint density at radius 1 is 1.26 bits per heavy atom. The highest BCUT2D eigenvalue weighted by Gasteiger charge is 2.18. The van der Waals surface area contributed by atoms with Crippen LogP contribution in [0.4, 0.5) is 0 Å². The van der Waals surface area contributed by atoms with E-state index in [4.69, 9.17) is 4.55 Å². The molecule has 0 radical (unpaired) electrons. The highest BCUT2D eigenvalue weighted by Crippen LogP contribution is 2.20. The van der Waals surface area contributed by atoms with Gasteiger partial charge in [0.05, 0.1) is 15.5 Å². The largest absolute Gasteiger partial charge is 0.294 e. The zero-order chi connectivity index (χ0) is 15.3. The highest BCUT2D eigenvalue weighted by atomic mass is 32.2. The summed E-state index contributed by atoms with van der Waals surface area (Å²) in [6, 6.07) is 3.65. The Morgan fingerprint density at radius 2 is 1.74 bits per heavy atom. The van der Waals surface area contributed by atoms with E-state index in [-0.39, 0.29) is 15.5 Å². The second-order valence-electron chi connectivity index (χ2n) is 3.71. The Labute approximate surface area is 114 Å². The molecule has 0 unspecified atom stereocenters. The molecule has 0 amide bonds. The summed E-state index contributed by atoms with van der Waals surface area (Å²) in [5, 5.41) is 0. The van der Waals surface area contributed by atoms with E-state index in [1.165, 1.54) is 26.0 Å². The lowest BCUT2D eigenvalue weighted by Crippen LogP contribution is -2.07. The van der Waals surface area contributed by atoms with E-state index in [2.05, 4.69) is 6.58 Å². The van der Waals surface area contributed by atoms with Crippen LogP contribution >= 0.6 is 0 Å². The molecule has 5 nitrogen and oxygen atoms in total. The summed E-state index contributed by atoms with van der Waals surface area (Å²) >= 11 is 0. The Bertz CT molecular complexity index is 643. The molecule has 1 N–H and O–H groups in total. The number of sulfone groups is 1. The molecule has 0 heterocycles. The topological polar surface area (TPSA) is 88.5 Å². The Balaban J connectivity index is 0.000000982. The van der Waals surface area contributed by atoms with E-state index >= 15 is 0 Å². The van der Waals surface area contributed by atoms with Gasteiger partial charge in [-0.2, -0.15) is 8.42 Å². The smallest absolute Gasteiger partial charge is 0.282 e. The minimum Gasteiger partial charge on any atom is -0.282 e. The van der Waals surface area contributed by atoms with E-state index in [9.17, 15) is 16.8 Å². The molecule has 0 aliphatic heterocycles. The van der Waals surface area contributed by atoms with Gasteiger partial charge < -0.3 is 0 Å². The molecular formula is C12H18O5S2. The molecule has 108 valence electrons. The van der Waals surface area contributed by atoms with Gasteiger partial charge >= 0.3 is 0 Å². The van der Waals surface area contributed by atoms with Gasteiger partial charge in [0, 0.05) is 0 Å². The third-order valence-electron chi connectivity index (χ3n) is 2.18. The summed E-state index contributed by atoms with van der Waals surface area (Å²) in [7, 11) is -7.86. The zero-order valence-electron chi connectivity index (χ0n) is 11.1. The Hall–Kier alpha value is -1.18. The maximum atomic E-state index is 11.5. The van der Waals surface area contributed by atoms with E-state index in [0.717, 1.165) is 6.07 Å².